The zero-order valence-corrected chi connectivity index (χ0v) is 32.9. The number of carbonyl (C=O) groups is 3. The monoisotopic (exact) mass is 879 g/mol. The van der Waals surface area contributed by atoms with Gasteiger partial charge in [-0.15, -0.1) is 0 Å². The molecular weight excluding hydrogens is 849 g/mol. The summed E-state index contributed by atoms with van der Waals surface area (Å²) in [6, 6.07) is 37.5. The second-order valence-corrected chi connectivity index (χ2v) is 14.2. The second kappa shape index (κ2) is 17.8. The average Bonchev–Trinajstić information content (AvgIpc) is 3.90. The van der Waals surface area contributed by atoms with Gasteiger partial charge in [-0.2, -0.15) is 26.3 Å². The summed E-state index contributed by atoms with van der Waals surface area (Å²) in [4.78, 5) is 44.8. The molecule has 2 unspecified atom stereocenters. The maximum atomic E-state index is 13.9. The maximum absolute atomic E-state index is 13.9. The number of benzene rings is 6. The molecule has 8 rings (SSSR count). The van der Waals surface area contributed by atoms with Crippen LogP contribution in [0.5, 0.6) is 23.0 Å². The van der Waals surface area contributed by atoms with Crippen LogP contribution in [0.1, 0.15) is 44.7 Å². The number of hydrogen-bond acceptors (Lipinski definition) is 10. The molecule has 0 bridgehead atoms. The van der Waals surface area contributed by atoms with E-state index in [1.165, 1.54) is 48.5 Å². The van der Waals surface area contributed by atoms with Crippen molar-refractivity contribution in [3.8, 4) is 34.1 Å². The zero-order valence-electron chi connectivity index (χ0n) is 32.9. The van der Waals surface area contributed by atoms with Crippen molar-refractivity contribution in [2.24, 2.45) is 9.98 Å². The van der Waals surface area contributed by atoms with Crippen LogP contribution in [-0.2, 0) is 32.3 Å². The third-order valence-electron chi connectivity index (χ3n) is 9.74. The third-order valence-corrected chi connectivity index (χ3v) is 9.74. The summed E-state index contributed by atoms with van der Waals surface area (Å²) in [5.41, 5.74) is 4.05. The molecule has 324 valence electrons. The van der Waals surface area contributed by atoms with E-state index >= 15 is 0 Å². The number of nitrogens with zero attached hydrogens (tertiary/aromatic N) is 2. The van der Waals surface area contributed by atoms with E-state index in [2.05, 4.69) is 24.8 Å². The molecule has 0 saturated carbocycles. The van der Waals surface area contributed by atoms with Crippen molar-refractivity contribution in [2.75, 3.05) is 5.32 Å². The minimum Gasteiger partial charge on any atom is -0.489 e. The van der Waals surface area contributed by atoms with Crippen molar-refractivity contribution in [3.63, 3.8) is 0 Å². The lowest BCUT2D eigenvalue weighted by atomic mass is 10.0. The van der Waals surface area contributed by atoms with Crippen LogP contribution in [0.25, 0.3) is 11.1 Å². The van der Waals surface area contributed by atoms with Crippen LogP contribution >= 0.6 is 0 Å². The SMILES string of the molecule is O=C(Nc1ccc(Oc2ccc(-c3ccccc3)cc2)cc1)c1cc(COc2ccc(C3N=C(C(F)(F)F)OC3=O)cc2)ccc1COc1ccc(C2N=C(C(F)(F)F)OC2=O)cc1. The normalized spacial score (nSPS) is 16.0. The fourth-order valence-electron chi connectivity index (χ4n) is 6.54. The van der Waals surface area contributed by atoms with E-state index in [0.29, 0.717) is 34.1 Å². The van der Waals surface area contributed by atoms with Crippen molar-refractivity contribution < 1.29 is 64.4 Å². The lowest BCUT2D eigenvalue weighted by Gasteiger charge is -2.15. The molecule has 1 N–H and O–H groups in total. The highest BCUT2D eigenvalue weighted by molar-refractivity contribution is 6.05. The largest absolute Gasteiger partial charge is 0.489 e. The number of aliphatic imine (C=N–C) groups is 2. The summed E-state index contributed by atoms with van der Waals surface area (Å²) in [5.74, 6) is -4.35. The molecule has 2 heterocycles. The number of carbonyl (C=O) groups excluding carboxylic acids is 3. The van der Waals surface area contributed by atoms with E-state index in [1.807, 2.05) is 54.6 Å². The highest BCUT2D eigenvalue weighted by Gasteiger charge is 2.47. The lowest BCUT2D eigenvalue weighted by Crippen LogP contribution is -2.23. The fraction of sp³-hybridized carbons (Fsp3) is 0.128. The van der Waals surface area contributed by atoms with E-state index in [-0.39, 0.29) is 35.7 Å². The van der Waals surface area contributed by atoms with Gasteiger partial charge in [0.25, 0.3) is 5.91 Å². The summed E-state index contributed by atoms with van der Waals surface area (Å²) in [7, 11) is 0. The van der Waals surface area contributed by atoms with E-state index in [0.717, 1.165) is 11.1 Å². The van der Waals surface area contributed by atoms with Crippen LogP contribution in [0.2, 0.25) is 0 Å². The number of ether oxygens (including phenoxy) is 5. The summed E-state index contributed by atoms with van der Waals surface area (Å²) in [5, 5.41) is 2.87. The molecule has 64 heavy (non-hydrogen) atoms. The first-order valence-electron chi connectivity index (χ1n) is 19.2. The molecular formula is C47H31F6N3O8. The van der Waals surface area contributed by atoms with Crippen LogP contribution in [0.3, 0.4) is 0 Å². The maximum Gasteiger partial charge on any atom is 0.468 e. The molecule has 1 amide bonds. The van der Waals surface area contributed by atoms with Gasteiger partial charge in [-0.05, 0) is 94.5 Å². The minimum atomic E-state index is -4.92. The number of hydrogen-bond donors (Lipinski definition) is 1. The molecule has 0 radical (unpaired) electrons. The minimum absolute atomic E-state index is 0.0510. The molecule has 11 nitrogen and oxygen atoms in total. The number of amides is 1. The van der Waals surface area contributed by atoms with E-state index in [4.69, 9.17) is 14.2 Å². The second-order valence-electron chi connectivity index (χ2n) is 14.2. The predicted molar refractivity (Wildman–Crippen MR) is 219 cm³/mol. The summed E-state index contributed by atoms with van der Waals surface area (Å²) in [6.07, 6.45) is -9.83. The molecule has 17 heteroatoms. The van der Waals surface area contributed by atoms with Crippen LogP contribution < -0.4 is 19.5 Å². The quantitative estimate of drug-likeness (QED) is 0.0895. The molecule has 6 aromatic rings. The Morgan fingerprint density at radius 3 is 1.53 bits per heavy atom. The van der Waals surface area contributed by atoms with Gasteiger partial charge in [0.2, 0.25) is 0 Å². The van der Waals surface area contributed by atoms with Gasteiger partial charge in [0, 0.05) is 16.8 Å². The van der Waals surface area contributed by atoms with Gasteiger partial charge < -0.3 is 29.0 Å². The third kappa shape index (κ3) is 10.0. The van der Waals surface area contributed by atoms with Crippen LogP contribution in [0.15, 0.2) is 156 Å². The molecule has 2 aliphatic rings. The Morgan fingerprint density at radius 2 is 1.03 bits per heavy atom. The number of halogens is 6. The summed E-state index contributed by atoms with van der Waals surface area (Å²) < 4.78 is 105. The Labute approximate surface area is 359 Å². The average molecular weight is 880 g/mol. The summed E-state index contributed by atoms with van der Waals surface area (Å²) in [6.45, 7) is -0.185. The summed E-state index contributed by atoms with van der Waals surface area (Å²) >= 11 is 0. The molecule has 2 atom stereocenters. The highest BCUT2D eigenvalue weighted by Crippen LogP contribution is 2.34. The molecule has 0 aliphatic carbocycles. The Hall–Kier alpha value is -7.95. The predicted octanol–water partition coefficient (Wildman–Crippen LogP) is 10.7. The lowest BCUT2D eigenvalue weighted by molar-refractivity contribution is -0.139. The number of alkyl halides is 6. The van der Waals surface area contributed by atoms with Crippen molar-refractivity contribution >= 4 is 35.3 Å². The number of nitrogens with one attached hydrogen (secondary N) is 1. The number of esters is 2. The van der Waals surface area contributed by atoms with Crippen molar-refractivity contribution in [2.45, 2.75) is 37.7 Å². The molecule has 0 aromatic heterocycles. The Morgan fingerprint density at radius 1 is 0.562 bits per heavy atom. The van der Waals surface area contributed by atoms with Gasteiger partial charge in [0.1, 0.15) is 36.2 Å². The topological polar surface area (TPSA) is 134 Å². The molecule has 0 spiro atoms. The Balaban J connectivity index is 0.959. The first kappa shape index (κ1) is 42.7. The molecule has 6 aromatic carbocycles. The zero-order chi connectivity index (χ0) is 45.0. The number of rotatable bonds is 13. The van der Waals surface area contributed by atoms with Gasteiger partial charge >= 0.3 is 36.1 Å². The van der Waals surface area contributed by atoms with Gasteiger partial charge in [-0.1, -0.05) is 78.9 Å². The standard InChI is InChI=1S/C47H31F6N3O8/c48-46(49,50)44-55-39(42(58)63-44)30-10-16-34(17-11-30)60-25-27-6-7-32(26-61-35-18-12-31(13-19-35)40-43(59)64-45(56-40)47(51,52)53)38(24-27)41(57)54-33-14-22-37(23-15-33)62-36-20-8-29(9-21-36)28-4-2-1-3-5-28/h1-24,39-40H,25-26H2,(H,54,57). The van der Waals surface area contributed by atoms with Gasteiger partial charge in [-0.3, -0.25) is 4.79 Å². The fourth-order valence-corrected chi connectivity index (χ4v) is 6.54. The van der Waals surface area contributed by atoms with Gasteiger partial charge in [-0.25, -0.2) is 19.6 Å². The number of anilines is 1. The smallest absolute Gasteiger partial charge is 0.468 e. The van der Waals surface area contributed by atoms with Crippen LogP contribution in [0, 0.1) is 0 Å². The van der Waals surface area contributed by atoms with E-state index in [9.17, 15) is 40.7 Å². The van der Waals surface area contributed by atoms with Crippen molar-refractivity contribution in [3.05, 3.63) is 173 Å². The molecule has 0 fully saturated rings. The first-order chi connectivity index (χ1) is 30.7. The van der Waals surface area contributed by atoms with Crippen molar-refractivity contribution in [1.82, 2.24) is 0 Å². The number of cyclic esters (lactones) is 2. The van der Waals surface area contributed by atoms with Gasteiger partial charge in [0.05, 0.1) is 0 Å². The molecule has 0 saturated heterocycles. The first-order valence-corrected chi connectivity index (χ1v) is 19.2. The van der Waals surface area contributed by atoms with E-state index < -0.39 is 54.1 Å². The molecule has 2 aliphatic heterocycles. The van der Waals surface area contributed by atoms with E-state index in [1.54, 1.807) is 42.5 Å². The van der Waals surface area contributed by atoms with Gasteiger partial charge in [0.15, 0.2) is 12.1 Å². The Bertz CT molecular complexity index is 2740. The Kier molecular flexibility index (Phi) is 11.9. The highest BCUT2D eigenvalue weighted by atomic mass is 19.4. The van der Waals surface area contributed by atoms with Crippen LogP contribution in [-0.4, -0.2) is 42.0 Å². The van der Waals surface area contributed by atoms with Crippen LogP contribution in [0.4, 0.5) is 32.0 Å². The van der Waals surface area contributed by atoms with Crippen molar-refractivity contribution in [1.29, 1.82) is 0 Å².